The monoisotopic (exact) mass is 396 g/mol. The lowest BCUT2D eigenvalue weighted by atomic mass is 9.79. The summed E-state index contributed by atoms with van der Waals surface area (Å²) in [5, 5.41) is 0. The summed E-state index contributed by atoms with van der Waals surface area (Å²) < 4.78 is 11.2. The molecule has 28 heavy (non-hydrogen) atoms. The summed E-state index contributed by atoms with van der Waals surface area (Å²) in [7, 11) is 0. The molecule has 0 N–H and O–H groups in total. The molecule has 0 spiro atoms. The Labute approximate surface area is 173 Å². The van der Waals surface area contributed by atoms with Crippen LogP contribution in [0.5, 0.6) is 0 Å². The van der Waals surface area contributed by atoms with Crippen LogP contribution in [0.25, 0.3) is 0 Å². The summed E-state index contributed by atoms with van der Waals surface area (Å²) in [6, 6.07) is 0. The molecule has 1 aliphatic rings. The second-order valence-electron chi connectivity index (χ2n) is 8.98. The van der Waals surface area contributed by atoms with E-state index in [1.807, 2.05) is 0 Å². The summed E-state index contributed by atoms with van der Waals surface area (Å²) in [4.78, 5) is 25.3. The highest BCUT2D eigenvalue weighted by Crippen LogP contribution is 2.32. The van der Waals surface area contributed by atoms with E-state index in [-0.39, 0.29) is 23.8 Å². The van der Waals surface area contributed by atoms with Gasteiger partial charge in [-0.25, -0.2) is 0 Å². The Morgan fingerprint density at radius 1 is 0.821 bits per heavy atom. The SMILES string of the molecule is CCCCCC(CCC)COC(=O)C1CCCCC1C(=O)OCCCC(C)C. The lowest BCUT2D eigenvalue weighted by Gasteiger charge is -2.29. The molecule has 0 amide bonds. The number of hydrogen-bond acceptors (Lipinski definition) is 4. The third-order valence-electron chi connectivity index (χ3n) is 5.92. The van der Waals surface area contributed by atoms with Gasteiger partial charge in [0.15, 0.2) is 0 Å². The Kier molecular flexibility index (Phi) is 13.3. The average molecular weight is 397 g/mol. The second-order valence-corrected chi connectivity index (χ2v) is 8.98. The largest absolute Gasteiger partial charge is 0.465 e. The Morgan fingerprint density at radius 3 is 2.04 bits per heavy atom. The van der Waals surface area contributed by atoms with E-state index in [9.17, 15) is 9.59 Å². The molecule has 4 nitrogen and oxygen atoms in total. The van der Waals surface area contributed by atoms with Crippen molar-refractivity contribution >= 4 is 11.9 Å². The zero-order chi connectivity index (χ0) is 20.8. The molecule has 1 fully saturated rings. The van der Waals surface area contributed by atoms with Crippen LogP contribution in [0.2, 0.25) is 0 Å². The molecule has 3 unspecified atom stereocenters. The van der Waals surface area contributed by atoms with E-state index >= 15 is 0 Å². The molecule has 4 heteroatoms. The molecule has 1 rings (SSSR count). The van der Waals surface area contributed by atoms with Gasteiger partial charge in [0.25, 0.3) is 0 Å². The van der Waals surface area contributed by atoms with Crippen molar-refractivity contribution < 1.29 is 19.1 Å². The minimum absolute atomic E-state index is 0.180. The van der Waals surface area contributed by atoms with Gasteiger partial charge in [-0.3, -0.25) is 9.59 Å². The molecule has 0 aliphatic heterocycles. The molecule has 1 aliphatic carbocycles. The molecule has 0 aromatic heterocycles. The summed E-state index contributed by atoms with van der Waals surface area (Å²) in [6.07, 6.45) is 12.4. The van der Waals surface area contributed by atoms with Crippen LogP contribution in [0.15, 0.2) is 0 Å². The lowest BCUT2D eigenvalue weighted by Crippen LogP contribution is -2.35. The first-order valence-electron chi connectivity index (χ1n) is 11.8. The first kappa shape index (κ1) is 25.0. The quantitative estimate of drug-likeness (QED) is 0.255. The second kappa shape index (κ2) is 14.9. The topological polar surface area (TPSA) is 52.6 Å². The van der Waals surface area contributed by atoms with Crippen LogP contribution in [0, 0.1) is 23.7 Å². The molecule has 0 saturated heterocycles. The van der Waals surface area contributed by atoms with Crippen molar-refractivity contribution in [3.05, 3.63) is 0 Å². The highest BCUT2D eigenvalue weighted by molar-refractivity contribution is 5.82. The van der Waals surface area contributed by atoms with E-state index in [2.05, 4.69) is 27.7 Å². The molecule has 0 aromatic carbocycles. The maximum atomic E-state index is 12.7. The normalized spacial score (nSPS) is 20.8. The van der Waals surface area contributed by atoms with Crippen molar-refractivity contribution in [1.82, 2.24) is 0 Å². The summed E-state index contributed by atoms with van der Waals surface area (Å²) >= 11 is 0. The molecule has 3 atom stereocenters. The van der Waals surface area contributed by atoms with Gasteiger partial charge < -0.3 is 9.47 Å². The van der Waals surface area contributed by atoms with Crippen LogP contribution in [0.4, 0.5) is 0 Å². The summed E-state index contributed by atoms with van der Waals surface area (Å²) in [6.45, 7) is 9.70. The first-order valence-corrected chi connectivity index (χ1v) is 11.8. The van der Waals surface area contributed by atoms with Gasteiger partial charge in [-0.05, 0) is 50.4 Å². The van der Waals surface area contributed by atoms with Crippen molar-refractivity contribution in [2.75, 3.05) is 13.2 Å². The Balaban J connectivity index is 2.49. The van der Waals surface area contributed by atoms with Gasteiger partial charge in [0, 0.05) is 0 Å². The minimum Gasteiger partial charge on any atom is -0.465 e. The van der Waals surface area contributed by atoms with Crippen LogP contribution in [0.3, 0.4) is 0 Å². The number of ether oxygens (including phenoxy) is 2. The van der Waals surface area contributed by atoms with Gasteiger partial charge in [0.2, 0.25) is 0 Å². The van der Waals surface area contributed by atoms with Crippen molar-refractivity contribution in [2.24, 2.45) is 23.7 Å². The van der Waals surface area contributed by atoms with Gasteiger partial charge in [-0.2, -0.15) is 0 Å². The van der Waals surface area contributed by atoms with Crippen LogP contribution in [-0.2, 0) is 19.1 Å². The van der Waals surface area contributed by atoms with Gasteiger partial charge in [0.1, 0.15) is 0 Å². The third kappa shape index (κ3) is 9.93. The molecule has 0 bridgehead atoms. The fourth-order valence-electron chi connectivity index (χ4n) is 4.18. The van der Waals surface area contributed by atoms with Crippen molar-refractivity contribution in [3.63, 3.8) is 0 Å². The highest BCUT2D eigenvalue weighted by Gasteiger charge is 2.38. The number of rotatable bonds is 14. The fraction of sp³-hybridized carbons (Fsp3) is 0.917. The molecule has 1 saturated carbocycles. The molecule has 164 valence electrons. The van der Waals surface area contributed by atoms with Crippen molar-refractivity contribution in [1.29, 1.82) is 0 Å². The predicted molar refractivity (Wildman–Crippen MR) is 114 cm³/mol. The molecule has 0 aromatic rings. The van der Waals surface area contributed by atoms with Crippen molar-refractivity contribution in [2.45, 2.75) is 105 Å². The maximum Gasteiger partial charge on any atom is 0.309 e. The number of carbonyl (C=O) groups excluding carboxylic acids is 2. The fourth-order valence-corrected chi connectivity index (χ4v) is 4.18. The van der Waals surface area contributed by atoms with E-state index in [0.29, 0.717) is 25.0 Å². The zero-order valence-corrected chi connectivity index (χ0v) is 18.8. The summed E-state index contributed by atoms with van der Waals surface area (Å²) in [5.74, 6) is 0.0585. The van der Waals surface area contributed by atoms with E-state index in [1.165, 1.54) is 19.3 Å². The predicted octanol–water partition coefficient (Wildman–Crippen LogP) is 6.31. The van der Waals surface area contributed by atoms with Gasteiger partial charge in [0.05, 0.1) is 25.0 Å². The lowest BCUT2D eigenvalue weighted by molar-refractivity contribution is -0.163. The number of hydrogen-bond donors (Lipinski definition) is 0. The van der Waals surface area contributed by atoms with Gasteiger partial charge in [-0.15, -0.1) is 0 Å². The van der Waals surface area contributed by atoms with Gasteiger partial charge in [-0.1, -0.05) is 66.2 Å². The van der Waals surface area contributed by atoms with Crippen LogP contribution >= 0.6 is 0 Å². The van der Waals surface area contributed by atoms with Crippen LogP contribution in [-0.4, -0.2) is 25.2 Å². The number of unbranched alkanes of at least 4 members (excludes halogenated alkanes) is 2. The van der Waals surface area contributed by atoms with Gasteiger partial charge >= 0.3 is 11.9 Å². The van der Waals surface area contributed by atoms with E-state index in [1.54, 1.807) is 0 Å². The van der Waals surface area contributed by atoms with Crippen molar-refractivity contribution in [3.8, 4) is 0 Å². The molecular formula is C24H44O4. The standard InChI is InChI=1S/C24H44O4/c1-5-7-8-14-20(12-6-2)18-28-24(26)22-16-10-9-15-21(22)23(25)27-17-11-13-19(3)4/h19-22H,5-18H2,1-4H3. The minimum atomic E-state index is -0.315. The maximum absolute atomic E-state index is 12.7. The highest BCUT2D eigenvalue weighted by atomic mass is 16.5. The van der Waals surface area contributed by atoms with Crippen LogP contribution < -0.4 is 0 Å². The first-order chi connectivity index (χ1) is 13.5. The average Bonchev–Trinajstić information content (AvgIpc) is 2.69. The molecule has 0 heterocycles. The summed E-state index contributed by atoms with van der Waals surface area (Å²) in [5.41, 5.74) is 0. The Hall–Kier alpha value is -1.06. The Bertz CT molecular complexity index is 432. The Morgan fingerprint density at radius 2 is 1.46 bits per heavy atom. The van der Waals surface area contributed by atoms with E-state index in [0.717, 1.165) is 57.8 Å². The third-order valence-corrected chi connectivity index (χ3v) is 5.92. The smallest absolute Gasteiger partial charge is 0.309 e. The number of esters is 2. The molecular weight excluding hydrogens is 352 g/mol. The zero-order valence-electron chi connectivity index (χ0n) is 18.8. The van der Waals surface area contributed by atoms with E-state index in [4.69, 9.17) is 9.47 Å². The van der Waals surface area contributed by atoms with E-state index < -0.39 is 0 Å². The van der Waals surface area contributed by atoms with Crippen LogP contribution in [0.1, 0.15) is 105 Å². The number of carbonyl (C=O) groups is 2. The molecule has 0 radical (unpaired) electrons.